The van der Waals surface area contributed by atoms with E-state index in [1.54, 1.807) is 13.0 Å². The highest BCUT2D eigenvalue weighted by Gasteiger charge is 2.17. The first-order valence-electron chi connectivity index (χ1n) is 7.42. The lowest BCUT2D eigenvalue weighted by atomic mass is 10.0. The van der Waals surface area contributed by atoms with Crippen molar-refractivity contribution in [2.75, 3.05) is 0 Å². The SMILES string of the molecule is CC(NC(=O)c1ccc2c(c1)CCC2)c1ccc(F)cc1F. The second-order valence-corrected chi connectivity index (χ2v) is 5.70. The summed E-state index contributed by atoms with van der Waals surface area (Å²) in [6, 6.07) is 8.54. The Bertz CT molecular complexity index is 727. The molecule has 0 saturated carbocycles. The van der Waals surface area contributed by atoms with Crippen molar-refractivity contribution >= 4 is 5.91 Å². The van der Waals surface area contributed by atoms with E-state index in [-0.39, 0.29) is 11.5 Å². The van der Waals surface area contributed by atoms with E-state index in [0.29, 0.717) is 5.56 Å². The molecule has 0 fully saturated rings. The van der Waals surface area contributed by atoms with Gasteiger partial charge in [0, 0.05) is 17.2 Å². The molecule has 0 spiro atoms. The van der Waals surface area contributed by atoms with Gasteiger partial charge < -0.3 is 5.32 Å². The molecule has 2 nitrogen and oxygen atoms in total. The molecule has 1 aliphatic rings. The molecule has 1 unspecified atom stereocenters. The van der Waals surface area contributed by atoms with E-state index < -0.39 is 17.7 Å². The van der Waals surface area contributed by atoms with E-state index >= 15 is 0 Å². The first kappa shape index (κ1) is 14.7. The molecule has 0 aliphatic heterocycles. The summed E-state index contributed by atoms with van der Waals surface area (Å²) in [6.07, 6.45) is 3.19. The van der Waals surface area contributed by atoms with Crippen LogP contribution in [0.25, 0.3) is 0 Å². The lowest BCUT2D eigenvalue weighted by Crippen LogP contribution is -2.27. The van der Waals surface area contributed by atoms with Crippen LogP contribution in [0, 0.1) is 11.6 Å². The van der Waals surface area contributed by atoms with Gasteiger partial charge in [-0.05, 0) is 55.5 Å². The minimum atomic E-state index is -0.651. The van der Waals surface area contributed by atoms with Crippen LogP contribution in [-0.4, -0.2) is 5.91 Å². The van der Waals surface area contributed by atoms with Crippen molar-refractivity contribution in [2.24, 2.45) is 0 Å². The molecule has 0 radical (unpaired) electrons. The summed E-state index contributed by atoms with van der Waals surface area (Å²) in [4.78, 5) is 12.3. The van der Waals surface area contributed by atoms with Crippen molar-refractivity contribution in [2.45, 2.75) is 32.2 Å². The normalized spacial score (nSPS) is 14.5. The van der Waals surface area contributed by atoms with Crippen molar-refractivity contribution in [1.82, 2.24) is 5.32 Å². The van der Waals surface area contributed by atoms with E-state index in [4.69, 9.17) is 0 Å². The molecule has 2 aromatic carbocycles. The van der Waals surface area contributed by atoms with Crippen LogP contribution >= 0.6 is 0 Å². The number of carbonyl (C=O) groups is 1. The highest BCUT2D eigenvalue weighted by Crippen LogP contribution is 2.23. The number of fused-ring (bicyclic) bond motifs is 1. The summed E-state index contributed by atoms with van der Waals surface area (Å²) in [5.74, 6) is -1.52. The largest absolute Gasteiger partial charge is 0.345 e. The predicted octanol–water partition coefficient (Wildman–Crippen LogP) is 3.94. The molecular weight excluding hydrogens is 284 g/mol. The van der Waals surface area contributed by atoms with E-state index in [1.807, 2.05) is 12.1 Å². The van der Waals surface area contributed by atoms with Crippen molar-refractivity contribution in [3.05, 3.63) is 70.3 Å². The minimum absolute atomic E-state index is 0.245. The van der Waals surface area contributed by atoms with E-state index in [1.165, 1.54) is 23.3 Å². The van der Waals surface area contributed by atoms with Gasteiger partial charge in [0.2, 0.25) is 0 Å². The minimum Gasteiger partial charge on any atom is -0.345 e. The Morgan fingerprint density at radius 2 is 1.86 bits per heavy atom. The predicted molar refractivity (Wildman–Crippen MR) is 80.7 cm³/mol. The van der Waals surface area contributed by atoms with Crippen molar-refractivity contribution in [3.8, 4) is 0 Å². The third-order valence-corrected chi connectivity index (χ3v) is 4.14. The Hall–Kier alpha value is -2.23. The molecule has 0 heterocycles. The van der Waals surface area contributed by atoms with Gasteiger partial charge in [-0.2, -0.15) is 0 Å². The maximum absolute atomic E-state index is 13.7. The molecule has 114 valence electrons. The zero-order valence-corrected chi connectivity index (χ0v) is 12.3. The van der Waals surface area contributed by atoms with Gasteiger partial charge >= 0.3 is 0 Å². The van der Waals surface area contributed by atoms with Gasteiger partial charge in [0.25, 0.3) is 5.91 Å². The fraction of sp³-hybridized carbons (Fsp3) is 0.278. The summed E-state index contributed by atoms with van der Waals surface area (Å²) >= 11 is 0. The average Bonchev–Trinajstić information content (AvgIpc) is 2.94. The highest BCUT2D eigenvalue weighted by molar-refractivity contribution is 5.94. The number of carbonyl (C=O) groups excluding carboxylic acids is 1. The van der Waals surface area contributed by atoms with Crippen LogP contribution in [-0.2, 0) is 12.8 Å². The summed E-state index contributed by atoms with van der Waals surface area (Å²) in [6.45, 7) is 1.68. The summed E-state index contributed by atoms with van der Waals surface area (Å²) in [5.41, 5.74) is 3.37. The fourth-order valence-electron chi connectivity index (χ4n) is 2.92. The lowest BCUT2D eigenvalue weighted by Gasteiger charge is -2.15. The third kappa shape index (κ3) is 2.86. The summed E-state index contributed by atoms with van der Waals surface area (Å²) in [7, 11) is 0. The fourth-order valence-corrected chi connectivity index (χ4v) is 2.92. The quantitative estimate of drug-likeness (QED) is 0.914. The molecule has 0 aromatic heterocycles. The number of benzene rings is 2. The topological polar surface area (TPSA) is 29.1 Å². The second-order valence-electron chi connectivity index (χ2n) is 5.70. The molecule has 1 amide bonds. The standard InChI is InChI=1S/C18H17F2NO/c1-11(16-8-7-15(19)10-17(16)20)21-18(22)14-6-5-12-3-2-4-13(12)9-14/h5-11H,2-4H2,1H3,(H,21,22). The Morgan fingerprint density at radius 1 is 1.09 bits per heavy atom. The number of hydrogen-bond donors (Lipinski definition) is 1. The first-order valence-corrected chi connectivity index (χ1v) is 7.42. The van der Waals surface area contributed by atoms with Crippen LogP contribution in [0.1, 0.15) is 46.4 Å². The van der Waals surface area contributed by atoms with Gasteiger partial charge in [-0.15, -0.1) is 0 Å². The first-order chi connectivity index (χ1) is 10.5. The molecule has 22 heavy (non-hydrogen) atoms. The van der Waals surface area contributed by atoms with Gasteiger partial charge in [0.1, 0.15) is 11.6 Å². The highest BCUT2D eigenvalue weighted by atomic mass is 19.1. The number of nitrogens with one attached hydrogen (secondary N) is 1. The van der Waals surface area contributed by atoms with Gasteiger partial charge in [-0.25, -0.2) is 8.78 Å². The van der Waals surface area contributed by atoms with Crippen LogP contribution in [0.3, 0.4) is 0 Å². The van der Waals surface area contributed by atoms with E-state index in [9.17, 15) is 13.6 Å². The van der Waals surface area contributed by atoms with Gasteiger partial charge in [0.15, 0.2) is 0 Å². The third-order valence-electron chi connectivity index (χ3n) is 4.14. The average molecular weight is 301 g/mol. The summed E-state index contributed by atoms with van der Waals surface area (Å²) < 4.78 is 26.7. The Morgan fingerprint density at radius 3 is 2.64 bits per heavy atom. The molecule has 1 atom stereocenters. The zero-order chi connectivity index (χ0) is 15.7. The van der Waals surface area contributed by atoms with Crippen LogP contribution in [0.15, 0.2) is 36.4 Å². The molecule has 1 aliphatic carbocycles. The van der Waals surface area contributed by atoms with Crippen LogP contribution < -0.4 is 5.32 Å². The molecule has 0 bridgehead atoms. The number of amides is 1. The lowest BCUT2D eigenvalue weighted by molar-refractivity contribution is 0.0939. The number of aryl methyl sites for hydroxylation is 2. The number of halogens is 2. The van der Waals surface area contributed by atoms with Crippen LogP contribution in [0.2, 0.25) is 0 Å². The van der Waals surface area contributed by atoms with Crippen molar-refractivity contribution in [3.63, 3.8) is 0 Å². The number of hydrogen-bond acceptors (Lipinski definition) is 1. The van der Waals surface area contributed by atoms with Crippen molar-refractivity contribution in [1.29, 1.82) is 0 Å². The van der Waals surface area contributed by atoms with Gasteiger partial charge in [-0.3, -0.25) is 4.79 Å². The maximum Gasteiger partial charge on any atom is 0.251 e. The second kappa shape index (κ2) is 5.87. The van der Waals surface area contributed by atoms with Crippen molar-refractivity contribution < 1.29 is 13.6 Å². The molecule has 0 saturated heterocycles. The molecule has 2 aromatic rings. The summed E-state index contributed by atoms with van der Waals surface area (Å²) in [5, 5.41) is 2.76. The molecular formula is C18H17F2NO. The Kier molecular flexibility index (Phi) is 3.92. The van der Waals surface area contributed by atoms with E-state index in [2.05, 4.69) is 5.32 Å². The van der Waals surface area contributed by atoms with Crippen LogP contribution in [0.4, 0.5) is 8.78 Å². The monoisotopic (exact) mass is 301 g/mol. The van der Waals surface area contributed by atoms with Gasteiger partial charge in [0.05, 0.1) is 6.04 Å². The smallest absolute Gasteiger partial charge is 0.251 e. The zero-order valence-electron chi connectivity index (χ0n) is 12.3. The van der Waals surface area contributed by atoms with E-state index in [0.717, 1.165) is 25.3 Å². The molecule has 3 rings (SSSR count). The van der Waals surface area contributed by atoms with Crippen LogP contribution in [0.5, 0.6) is 0 Å². The Labute approximate surface area is 128 Å². The van der Waals surface area contributed by atoms with Gasteiger partial charge in [-0.1, -0.05) is 12.1 Å². The molecule has 4 heteroatoms. The Balaban J connectivity index is 1.76. The number of rotatable bonds is 3. The maximum atomic E-state index is 13.7. The molecule has 1 N–H and O–H groups in total.